The van der Waals surface area contributed by atoms with Crippen molar-refractivity contribution >= 4 is 40.8 Å². The van der Waals surface area contributed by atoms with Crippen molar-refractivity contribution in [2.75, 3.05) is 25.6 Å². The predicted octanol–water partition coefficient (Wildman–Crippen LogP) is 5.41. The molecule has 0 saturated carbocycles. The molecule has 3 rings (SSSR count). The Morgan fingerprint density at radius 3 is 2.31 bits per heavy atom. The Bertz CT molecular complexity index is 1140. The Morgan fingerprint density at radius 2 is 1.62 bits per heavy atom. The Kier molecular flexibility index (Phi) is 7.81. The summed E-state index contributed by atoms with van der Waals surface area (Å²) in [5, 5.41) is 12.6. The largest absolute Gasteiger partial charge is 0.493 e. The number of halogens is 2. The second-order valence-electron chi connectivity index (χ2n) is 6.44. The second kappa shape index (κ2) is 10.7. The summed E-state index contributed by atoms with van der Waals surface area (Å²) in [5.74, 6) is -0.301. The summed E-state index contributed by atoms with van der Waals surface area (Å²) in [4.78, 5) is 24.2. The number of hydrogen-bond acceptors (Lipinski definition) is 5. The fourth-order valence-corrected chi connectivity index (χ4v) is 3.31. The highest BCUT2D eigenvalue weighted by atomic mass is 35.5. The van der Waals surface area contributed by atoms with Crippen molar-refractivity contribution in [3.05, 3.63) is 81.8 Å². The van der Waals surface area contributed by atoms with Crippen LogP contribution in [0.25, 0.3) is 0 Å². The Balaban J connectivity index is 1.65. The number of ether oxygens (including phenoxy) is 3. The van der Waals surface area contributed by atoms with Gasteiger partial charge in [0.25, 0.3) is 5.91 Å². The maximum Gasteiger partial charge on any atom is 0.337 e. The SMILES string of the molecule is COc1ccccc1OCCOc1ccc(NC(=O)c2ccc(Cl)cc2Cl)c(C(=O)O)c1. The minimum absolute atomic E-state index is 0.103. The first-order chi connectivity index (χ1) is 15.4. The van der Waals surface area contributed by atoms with Crippen molar-refractivity contribution in [3.63, 3.8) is 0 Å². The number of aromatic carboxylic acids is 1. The number of carbonyl (C=O) groups is 2. The van der Waals surface area contributed by atoms with Gasteiger partial charge in [0.05, 0.1) is 28.9 Å². The topological polar surface area (TPSA) is 94.1 Å². The summed E-state index contributed by atoms with van der Waals surface area (Å²) in [6.07, 6.45) is 0. The molecule has 166 valence electrons. The molecule has 0 unspecified atom stereocenters. The molecule has 0 aliphatic carbocycles. The molecule has 1 amide bonds. The molecule has 0 heterocycles. The lowest BCUT2D eigenvalue weighted by molar-refractivity contribution is 0.0697. The number of benzene rings is 3. The molecule has 0 fully saturated rings. The fourth-order valence-electron chi connectivity index (χ4n) is 2.81. The van der Waals surface area contributed by atoms with Crippen LogP contribution in [0.4, 0.5) is 5.69 Å². The minimum atomic E-state index is -1.22. The van der Waals surface area contributed by atoms with E-state index in [0.29, 0.717) is 22.3 Å². The van der Waals surface area contributed by atoms with Gasteiger partial charge >= 0.3 is 5.97 Å². The lowest BCUT2D eigenvalue weighted by atomic mass is 10.1. The van der Waals surface area contributed by atoms with Gasteiger partial charge in [-0.3, -0.25) is 4.79 Å². The minimum Gasteiger partial charge on any atom is -0.493 e. The number of carboxylic acid groups (broad SMARTS) is 1. The zero-order chi connectivity index (χ0) is 23.1. The van der Waals surface area contributed by atoms with Gasteiger partial charge < -0.3 is 24.6 Å². The average molecular weight is 476 g/mol. The quantitative estimate of drug-likeness (QED) is 0.401. The van der Waals surface area contributed by atoms with Gasteiger partial charge in [-0.25, -0.2) is 4.79 Å². The number of amides is 1. The van der Waals surface area contributed by atoms with Crippen LogP contribution in [0.2, 0.25) is 10.0 Å². The van der Waals surface area contributed by atoms with Gasteiger partial charge in [-0.1, -0.05) is 35.3 Å². The standard InChI is InChI=1S/C23H19Cl2NO6/c1-30-20-4-2-3-5-21(20)32-11-10-31-15-7-9-19(17(13-15)23(28)29)26-22(27)16-8-6-14(24)12-18(16)25/h2-9,12-13H,10-11H2,1H3,(H,26,27)(H,28,29). The van der Waals surface area contributed by atoms with Gasteiger partial charge in [-0.2, -0.15) is 0 Å². The number of carbonyl (C=O) groups excluding carboxylic acids is 1. The Hall–Kier alpha value is -3.42. The van der Waals surface area contributed by atoms with Crippen molar-refractivity contribution in [1.29, 1.82) is 0 Å². The molecule has 0 spiro atoms. The van der Waals surface area contributed by atoms with Crippen LogP contribution >= 0.6 is 23.2 Å². The average Bonchev–Trinajstić information content (AvgIpc) is 2.77. The molecule has 7 nitrogen and oxygen atoms in total. The van der Waals surface area contributed by atoms with E-state index in [1.165, 1.54) is 30.3 Å². The van der Waals surface area contributed by atoms with E-state index in [1.807, 2.05) is 12.1 Å². The van der Waals surface area contributed by atoms with E-state index in [0.717, 1.165) is 0 Å². The van der Waals surface area contributed by atoms with Gasteiger partial charge in [-0.15, -0.1) is 0 Å². The first-order valence-corrected chi connectivity index (χ1v) is 10.2. The third-order valence-corrected chi connectivity index (χ3v) is 4.87. The van der Waals surface area contributed by atoms with E-state index in [4.69, 9.17) is 37.4 Å². The second-order valence-corrected chi connectivity index (χ2v) is 7.28. The molecular weight excluding hydrogens is 457 g/mol. The van der Waals surface area contributed by atoms with Crippen molar-refractivity contribution < 1.29 is 28.9 Å². The highest BCUT2D eigenvalue weighted by Crippen LogP contribution is 2.27. The third kappa shape index (κ3) is 5.84. The van der Waals surface area contributed by atoms with E-state index < -0.39 is 11.9 Å². The van der Waals surface area contributed by atoms with Gasteiger partial charge in [0.1, 0.15) is 19.0 Å². The molecule has 0 radical (unpaired) electrons. The molecule has 0 saturated heterocycles. The number of anilines is 1. The van der Waals surface area contributed by atoms with Crippen LogP contribution in [0.1, 0.15) is 20.7 Å². The van der Waals surface area contributed by atoms with E-state index in [9.17, 15) is 14.7 Å². The predicted molar refractivity (Wildman–Crippen MR) is 122 cm³/mol. The molecule has 0 bridgehead atoms. The van der Waals surface area contributed by atoms with Gasteiger partial charge in [0.15, 0.2) is 11.5 Å². The highest BCUT2D eigenvalue weighted by molar-refractivity contribution is 6.37. The van der Waals surface area contributed by atoms with Crippen LogP contribution in [0.3, 0.4) is 0 Å². The number of hydrogen-bond donors (Lipinski definition) is 2. The van der Waals surface area contributed by atoms with Crippen molar-refractivity contribution in [3.8, 4) is 17.2 Å². The Labute approximate surface area is 194 Å². The maximum absolute atomic E-state index is 12.5. The fraction of sp³-hybridized carbons (Fsp3) is 0.130. The van der Waals surface area contributed by atoms with E-state index in [1.54, 1.807) is 25.3 Å². The summed E-state index contributed by atoms with van der Waals surface area (Å²) in [7, 11) is 1.55. The van der Waals surface area contributed by atoms with Crippen molar-refractivity contribution in [1.82, 2.24) is 0 Å². The molecule has 3 aromatic rings. The normalized spacial score (nSPS) is 10.3. The molecular formula is C23H19Cl2NO6. The lowest BCUT2D eigenvalue weighted by Crippen LogP contribution is -2.16. The molecule has 32 heavy (non-hydrogen) atoms. The van der Waals surface area contributed by atoms with Crippen LogP contribution < -0.4 is 19.5 Å². The smallest absolute Gasteiger partial charge is 0.337 e. The van der Waals surface area contributed by atoms with E-state index in [2.05, 4.69) is 5.32 Å². The van der Waals surface area contributed by atoms with Crippen LogP contribution in [0, 0.1) is 0 Å². The van der Waals surface area contributed by atoms with Crippen LogP contribution in [0.15, 0.2) is 60.7 Å². The summed E-state index contributed by atoms with van der Waals surface area (Å²) < 4.78 is 16.4. The van der Waals surface area contributed by atoms with Gasteiger partial charge in [0, 0.05) is 5.02 Å². The van der Waals surface area contributed by atoms with Crippen LogP contribution in [0.5, 0.6) is 17.2 Å². The summed E-state index contributed by atoms with van der Waals surface area (Å²) in [5.41, 5.74) is 0.138. The molecule has 9 heteroatoms. The number of rotatable bonds is 9. The molecule has 0 atom stereocenters. The molecule has 3 aromatic carbocycles. The summed E-state index contributed by atoms with van der Waals surface area (Å²) >= 11 is 11.9. The first kappa shape index (κ1) is 23.2. The Morgan fingerprint density at radius 1 is 0.906 bits per heavy atom. The maximum atomic E-state index is 12.5. The van der Waals surface area contributed by atoms with Crippen LogP contribution in [-0.2, 0) is 0 Å². The van der Waals surface area contributed by atoms with Crippen molar-refractivity contribution in [2.24, 2.45) is 0 Å². The van der Waals surface area contributed by atoms with Crippen LogP contribution in [-0.4, -0.2) is 37.3 Å². The number of nitrogens with one attached hydrogen (secondary N) is 1. The molecule has 2 N–H and O–H groups in total. The van der Waals surface area contributed by atoms with Gasteiger partial charge in [-0.05, 0) is 48.5 Å². The lowest BCUT2D eigenvalue weighted by Gasteiger charge is -2.13. The molecule has 0 aliphatic rings. The number of carboxylic acids is 1. The number of para-hydroxylation sites is 2. The summed E-state index contributed by atoms with van der Waals surface area (Å²) in [6, 6.07) is 15.9. The first-order valence-electron chi connectivity index (χ1n) is 9.41. The molecule has 0 aliphatic heterocycles. The number of methoxy groups -OCH3 is 1. The zero-order valence-corrected chi connectivity index (χ0v) is 18.4. The van der Waals surface area contributed by atoms with Gasteiger partial charge in [0.2, 0.25) is 0 Å². The summed E-state index contributed by atoms with van der Waals surface area (Å²) in [6.45, 7) is 0.388. The monoisotopic (exact) mass is 475 g/mol. The van der Waals surface area contributed by atoms with E-state index in [-0.39, 0.29) is 35.1 Å². The van der Waals surface area contributed by atoms with E-state index >= 15 is 0 Å². The van der Waals surface area contributed by atoms with Crippen molar-refractivity contribution in [2.45, 2.75) is 0 Å². The third-order valence-electron chi connectivity index (χ3n) is 4.32. The highest BCUT2D eigenvalue weighted by Gasteiger charge is 2.17. The molecule has 0 aromatic heterocycles. The zero-order valence-electron chi connectivity index (χ0n) is 16.9.